The lowest BCUT2D eigenvalue weighted by molar-refractivity contribution is 0.0694. The van der Waals surface area contributed by atoms with E-state index in [1.54, 1.807) is 0 Å². The van der Waals surface area contributed by atoms with Crippen molar-refractivity contribution < 1.29 is 9.90 Å². The molecular weight excluding hydrogens is 372 g/mol. The summed E-state index contributed by atoms with van der Waals surface area (Å²) in [6.07, 6.45) is 8.87. The number of nitrogens with zero attached hydrogens (tertiary/aromatic N) is 1. The average molecular weight is 403 g/mol. The van der Waals surface area contributed by atoms with Crippen molar-refractivity contribution in [2.45, 2.75) is 77.9 Å². The third-order valence-electron chi connectivity index (χ3n) is 6.05. The smallest absolute Gasteiger partial charge is 0.337 e. The van der Waals surface area contributed by atoms with Crippen LogP contribution in [0.25, 0.3) is 0 Å². The second kappa shape index (κ2) is 9.62. The molecule has 0 atom stereocenters. The first-order valence-corrected chi connectivity index (χ1v) is 10.7. The van der Waals surface area contributed by atoms with Crippen molar-refractivity contribution in [2.75, 3.05) is 0 Å². The zero-order valence-corrected chi connectivity index (χ0v) is 17.7. The van der Waals surface area contributed by atoms with Crippen LogP contribution in [0.4, 0.5) is 0 Å². The van der Waals surface area contributed by atoms with Crippen LogP contribution >= 0.6 is 11.6 Å². The Bertz CT molecular complexity index is 803. The Hall–Kier alpha value is -1.78. The maximum absolute atomic E-state index is 12.0. The van der Waals surface area contributed by atoms with Gasteiger partial charge in [0.1, 0.15) is 0 Å². The van der Waals surface area contributed by atoms with Gasteiger partial charge in [0.2, 0.25) is 0 Å². The van der Waals surface area contributed by atoms with Crippen molar-refractivity contribution in [3.05, 3.63) is 57.4 Å². The van der Waals surface area contributed by atoms with Gasteiger partial charge in [-0.25, -0.2) is 4.79 Å². The van der Waals surface area contributed by atoms with E-state index in [0.29, 0.717) is 29.7 Å². The van der Waals surface area contributed by atoms with Crippen LogP contribution in [0.2, 0.25) is 5.02 Å². The third-order valence-corrected chi connectivity index (χ3v) is 6.30. The standard InChI is InChI=1S/C23H31ClN2O2/c1-16-21(14-25-20-8-6-4-3-5-7-9-20)22(23(27)28)17(2)26(16)15-18-10-12-19(24)13-11-18/h10-13,20,25H,3-9,14-15H2,1-2H3,(H,27,28). The first-order chi connectivity index (χ1) is 13.5. The molecule has 5 heteroatoms. The summed E-state index contributed by atoms with van der Waals surface area (Å²) in [7, 11) is 0. The van der Waals surface area contributed by atoms with E-state index in [2.05, 4.69) is 9.88 Å². The number of aromatic carboxylic acids is 1. The van der Waals surface area contributed by atoms with Crippen molar-refractivity contribution in [1.29, 1.82) is 0 Å². The predicted molar refractivity (Wildman–Crippen MR) is 114 cm³/mol. The molecule has 0 bridgehead atoms. The molecule has 1 aliphatic carbocycles. The SMILES string of the molecule is Cc1c(CNC2CCCCCCC2)c(C(=O)O)c(C)n1Cc1ccc(Cl)cc1. The number of halogens is 1. The zero-order chi connectivity index (χ0) is 20.1. The van der Waals surface area contributed by atoms with E-state index in [1.165, 1.54) is 44.9 Å². The molecule has 1 fully saturated rings. The number of carbonyl (C=O) groups is 1. The molecule has 0 saturated heterocycles. The summed E-state index contributed by atoms with van der Waals surface area (Å²) in [5.41, 5.74) is 4.32. The lowest BCUT2D eigenvalue weighted by Gasteiger charge is -2.21. The molecule has 2 aromatic rings. The highest BCUT2D eigenvalue weighted by Crippen LogP contribution is 2.25. The quantitative estimate of drug-likeness (QED) is 0.650. The number of nitrogens with one attached hydrogen (secondary N) is 1. The molecule has 0 unspecified atom stereocenters. The van der Waals surface area contributed by atoms with Gasteiger partial charge in [-0.15, -0.1) is 0 Å². The molecule has 0 radical (unpaired) electrons. The second-order valence-corrected chi connectivity index (χ2v) is 8.40. The monoisotopic (exact) mass is 402 g/mol. The number of aromatic nitrogens is 1. The molecule has 0 amide bonds. The molecular formula is C23H31ClN2O2. The number of rotatable bonds is 6. The van der Waals surface area contributed by atoms with Gasteiger partial charge >= 0.3 is 5.97 Å². The van der Waals surface area contributed by atoms with Crippen molar-refractivity contribution >= 4 is 17.6 Å². The lowest BCUT2D eigenvalue weighted by atomic mass is 9.96. The molecule has 1 aromatic carbocycles. The van der Waals surface area contributed by atoms with Gasteiger partial charge in [0.25, 0.3) is 0 Å². The van der Waals surface area contributed by atoms with Crippen LogP contribution in [0.3, 0.4) is 0 Å². The summed E-state index contributed by atoms with van der Waals surface area (Å²) in [5, 5.41) is 14.2. The minimum atomic E-state index is -0.843. The third kappa shape index (κ3) is 4.98. The highest BCUT2D eigenvalue weighted by Gasteiger charge is 2.23. The summed E-state index contributed by atoms with van der Waals surface area (Å²) in [4.78, 5) is 12.0. The Kier molecular flexibility index (Phi) is 7.19. The Balaban J connectivity index is 1.81. The second-order valence-electron chi connectivity index (χ2n) is 7.97. The highest BCUT2D eigenvalue weighted by atomic mass is 35.5. The summed E-state index contributed by atoms with van der Waals surface area (Å²) < 4.78 is 2.11. The molecule has 1 saturated carbocycles. The van der Waals surface area contributed by atoms with E-state index >= 15 is 0 Å². The molecule has 152 valence electrons. The van der Waals surface area contributed by atoms with Crippen molar-refractivity contribution in [3.63, 3.8) is 0 Å². The van der Waals surface area contributed by atoms with Gasteiger partial charge in [-0.3, -0.25) is 0 Å². The van der Waals surface area contributed by atoms with Crippen LogP contribution in [0.5, 0.6) is 0 Å². The largest absolute Gasteiger partial charge is 0.478 e. The molecule has 1 heterocycles. The van der Waals surface area contributed by atoms with E-state index < -0.39 is 5.97 Å². The van der Waals surface area contributed by atoms with Gasteiger partial charge in [0.15, 0.2) is 0 Å². The fraction of sp³-hybridized carbons (Fsp3) is 0.522. The Morgan fingerprint density at radius 2 is 1.68 bits per heavy atom. The summed E-state index contributed by atoms with van der Waals surface area (Å²) in [6, 6.07) is 8.23. The fourth-order valence-electron chi connectivity index (χ4n) is 4.37. The van der Waals surface area contributed by atoms with E-state index in [-0.39, 0.29) is 0 Å². The van der Waals surface area contributed by atoms with Gasteiger partial charge in [-0.1, -0.05) is 55.8 Å². The van der Waals surface area contributed by atoms with Crippen molar-refractivity contribution in [3.8, 4) is 0 Å². The van der Waals surface area contributed by atoms with Crippen LogP contribution in [0, 0.1) is 13.8 Å². The van der Waals surface area contributed by atoms with Crippen molar-refractivity contribution in [2.24, 2.45) is 0 Å². The van der Waals surface area contributed by atoms with E-state index in [0.717, 1.165) is 22.5 Å². The van der Waals surface area contributed by atoms with Gasteiger partial charge in [0.05, 0.1) is 5.56 Å². The van der Waals surface area contributed by atoms with E-state index in [9.17, 15) is 9.90 Å². The number of carboxylic acid groups (broad SMARTS) is 1. The molecule has 1 aromatic heterocycles. The van der Waals surface area contributed by atoms with E-state index in [4.69, 9.17) is 11.6 Å². The first-order valence-electron chi connectivity index (χ1n) is 10.4. The van der Waals surface area contributed by atoms with Gasteiger partial charge in [0, 0.05) is 41.1 Å². The fourth-order valence-corrected chi connectivity index (χ4v) is 4.49. The summed E-state index contributed by atoms with van der Waals surface area (Å²) in [5.74, 6) is -0.843. The number of carboxylic acids is 1. The summed E-state index contributed by atoms with van der Waals surface area (Å²) >= 11 is 5.99. The van der Waals surface area contributed by atoms with Crippen LogP contribution in [-0.4, -0.2) is 21.7 Å². The molecule has 2 N–H and O–H groups in total. The highest BCUT2D eigenvalue weighted by molar-refractivity contribution is 6.30. The number of hydrogen-bond donors (Lipinski definition) is 2. The molecule has 0 spiro atoms. The van der Waals surface area contributed by atoms with Crippen LogP contribution in [-0.2, 0) is 13.1 Å². The van der Waals surface area contributed by atoms with Gasteiger partial charge < -0.3 is 15.0 Å². The minimum absolute atomic E-state index is 0.449. The molecule has 4 nitrogen and oxygen atoms in total. The molecule has 3 rings (SSSR count). The Morgan fingerprint density at radius 3 is 2.29 bits per heavy atom. The topological polar surface area (TPSA) is 54.3 Å². The molecule has 1 aliphatic rings. The Labute approximate surface area is 172 Å². The van der Waals surface area contributed by atoms with Crippen LogP contribution < -0.4 is 5.32 Å². The van der Waals surface area contributed by atoms with E-state index in [1.807, 2.05) is 38.1 Å². The predicted octanol–water partition coefficient (Wildman–Crippen LogP) is 5.71. The van der Waals surface area contributed by atoms with Crippen LogP contribution in [0.1, 0.15) is 77.8 Å². The van der Waals surface area contributed by atoms with Crippen molar-refractivity contribution in [1.82, 2.24) is 9.88 Å². The number of benzene rings is 1. The van der Waals surface area contributed by atoms with Gasteiger partial charge in [-0.2, -0.15) is 0 Å². The average Bonchev–Trinajstić information content (AvgIpc) is 2.87. The molecule has 28 heavy (non-hydrogen) atoms. The summed E-state index contributed by atoms with van der Waals surface area (Å²) in [6.45, 7) is 5.21. The maximum atomic E-state index is 12.0. The van der Waals surface area contributed by atoms with Crippen LogP contribution in [0.15, 0.2) is 24.3 Å². The Morgan fingerprint density at radius 1 is 1.07 bits per heavy atom. The normalized spacial score (nSPS) is 16.0. The minimum Gasteiger partial charge on any atom is -0.478 e. The maximum Gasteiger partial charge on any atom is 0.337 e. The zero-order valence-electron chi connectivity index (χ0n) is 16.9. The van der Waals surface area contributed by atoms with Gasteiger partial charge in [-0.05, 0) is 44.4 Å². The lowest BCUT2D eigenvalue weighted by Crippen LogP contribution is -2.30. The number of hydrogen-bond acceptors (Lipinski definition) is 2. The first kappa shape index (κ1) is 20.9. The molecule has 0 aliphatic heterocycles.